The maximum Gasteiger partial charge on any atom is 0.127 e. The predicted molar refractivity (Wildman–Crippen MR) is 113 cm³/mol. The maximum absolute atomic E-state index is 6.10. The van der Waals surface area contributed by atoms with Crippen molar-refractivity contribution in [1.82, 2.24) is 0 Å². The smallest absolute Gasteiger partial charge is 0.127 e. The molecule has 6 rings (SSSR count). The van der Waals surface area contributed by atoms with Gasteiger partial charge in [0.05, 0.1) is 26.4 Å². The molecule has 0 aliphatic carbocycles. The molecule has 0 spiro atoms. The molecule has 2 aromatic carbocycles. The van der Waals surface area contributed by atoms with Crippen molar-refractivity contribution in [3.05, 3.63) is 36.4 Å². The van der Waals surface area contributed by atoms with E-state index >= 15 is 0 Å². The van der Waals surface area contributed by atoms with Crippen molar-refractivity contribution in [2.75, 3.05) is 52.9 Å². The first-order chi connectivity index (χ1) is 15.8. The van der Waals surface area contributed by atoms with E-state index in [0.29, 0.717) is 26.4 Å². The van der Waals surface area contributed by atoms with Crippen molar-refractivity contribution >= 4 is 0 Å². The molecular formula is C24H26O8. The van der Waals surface area contributed by atoms with Gasteiger partial charge < -0.3 is 37.9 Å². The highest BCUT2D eigenvalue weighted by Crippen LogP contribution is 2.41. The molecule has 0 aromatic heterocycles. The molecule has 170 valence electrons. The Labute approximate surface area is 186 Å². The first kappa shape index (κ1) is 20.1. The van der Waals surface area contributed by atoms with Crippen LogP contribution in [-0.4, -0.2) is 77.3 Å². The molecule has 8 nitrogen and oxygen atoms in total. The molecule has 4 fully saturated rings. The molecule has 4 unspecified atom stereocenters. The molecule has 4 saturated heterocycles. The van der Waals surface area contributed by atoms with Gasteiger partial charge in [-0.2, -0.15) is 0 Å². The van der Waals surface area contributed by atoms with Crippen LogP contribution < -0.4 is 18.9 Å². The van der Waals surface area contributed by atoms with Gasteiger partial charge >= 0.3 is 0 Å². The molecule has 0 radical (unpaired) electrons. The molecule has 4 aliphatic heterocycles. The Morgan fingerprint density at radius 2 is 0.875 bits per heavy atom. The Morgan fingerprint density at radius 1 is 0.531 bits per heavy atom. The summed E-state index contributed by atoms with van der Waals surface area (Å²) in [5.74, 6) is 2.98. The monoisotopic (exact) mass is 442 g/mol. The van der Waals surface area contributed by atoms with Gasteiger partial charge in [0.1, 0.15) is 73.8 Å². The zero-order chi connectivity index (χ0) is 21.3. The van der Waals surface area contributed by atoms with Crippen LogP contribution in [0.15, 0.2) is 36.4 Å². The predicted octanol–water partition coefficient (Wildman–Crippen LogP) is 2.46. The third-order valence-corrected chi connectivity index (χ3v) is 5.52. The van der Waals surface area contributed by atoms with E-state index in [4.69, 9.17) is 37.9 Å². The zero-order valence-corrected chi connectivity index (χ0v) is 17.7. The van der Waals surface area contributed by atoms with E-state index in [1.165, 1.54) is 0 Å². The van der Waals surface area contributed by atoms with E-state index in [1.807, 2.05) is 36.4 Å². The lowest BCUT2D eigenvalue weighted by atomic mass is 10.0. The van der Waals surface area contributed by atoms with Crippen LogP contribution in [0.2, 0.25) is 0 Å². The maximum atomic E-state index is 6.10. The molecule has 32 heavy (non-hydrogen) atoms. The summed E-state index contributed by atoms with van der Waals surface area (Å²) in [5, 5.41) is 0. The highest BCUT2D eigenvalue weighted by atomic mass is 16.6. The van der Waals surface area contributed by atoms with Crippen LogP contribution in [0, 0.1) is 0 Å². The number of hydrogen-bond donors (Lipinski definition) is 0. The van der Waals surface area contributed by atoms with Crippen LogP contribution >= 0.6 is 0 Å². The van der Waals surface area contributed by atoms with E-state index in [-0.39, 0.29) is 24.4 Å². The fraction of sp³-hybridized carbons (Fsp3) is 0.500. The fourth-order valence-electron chi connectivity index (χ4n) is 3.27. The van der Waals surface area contributed by atoms with Crippen LogP contribution in [0.5, 0.6) is 23.0 Å². The highest BCUT2D eigenvalue weighted by Gasteiger charge is 2.27. The van der Waals surface area contributed by atoms with Gasteiger partial charge in [-0.05, 0) is 36.4 Å². The quantitative estimate of drug-likeness (QED) is 0.437. The lowest BCUT2D eigenvalue weighted by Crippen LogP contribution is -2.08. The molecule has 2 aromatic rings. The van der Waals surface area contributed by atoms with E-state index in [9.17, 15) is 0 Å². The molecular weight excluding hydrogens is 416 g/mol. The standard InChI is InChI=1S/C24H26O8/c1-3-23(31-13-19-11-29-19)21(5-15(1)25-7-17-9-27-17)22-6-16(26-8-18-10-28-18)2-4-24(22)32-14-20-12-30-20/h1-6,17-20H,7-14H2. The number of benzene rings is 2. The van der Waals surface area contributed by atoms with Gasteiger partial charge in [0.25, 0.3) is 0 Å². The molecule has 0 N–H and O–H groups in total. The zero-order valence-electron chi connectivity index (χ0n) is 17.7. The van der Waals surface area contributed by atoms with Crippen molar-refractivity contribution in [1.29, 1.82) is 0 Å². The van der Waals surface area contributed by atoms with Crippen LogP contribution in [0.25, 0.3) is 11.1 Å². The van der Waals surface area contributed by atoms with Crippen molar-refractivity contribution in [3.63, 3.8) is 0 Å². The van der Waals surface area contributed by atoms with E-state index in [2.05, 4.69) is 0 Å². The van der Waals surface area contributed by atoms with Crippen LogP contribution in [0.3, 0.4) is 0 Å². The SMILES string of the molecule is c1cc(OCC2CO2)c(-c2cc(OCC3CO3)ccc2OCC2CO2)cc1OCC1CO1. The summed E-state index contributed by atoms with van der Waals surface area (Å²) in [7, 11) is 0. The Balaban J connectivity index is 1.30. The first-order valence-corrected chi connectivity index (χ1v) is 11.1. The van der Waals surface area contributed by atoms with Gasteiger partial charge in [-0.3, -0.25) is 0 Å². The van der Waals surface area contributed by atoms with Gasteiger partial charge in [-0.1, -0.05) is 0 Å². The van der Waals surface area contributed by atoms with Crippen LogP contribution in [0.1, 0.15) is 0 Å². The second-order valence-electron chi connectivity index (χ2n) is 8.38. The largest absolute Gasteiger partial charge is 0.491 e. The minimum atomic E-state index is 0.154. The van der Waals surface area contributed by atoms with Gasteiger partial charge in [0.15, 0.2) is 0 Å². The summed E-state index contributed by atoms with van der Waals surface area (Å²) < 4.78 is 45.2. The molecule has 4 atom stereocenters. The van der Waals surface area contributed by atoms with E-state index in [0.717, 1.165) is 60.6 Å². The molecule has 4 aliphatic rings. The summed E-state index contributed by atoms with van der Waals surface area (Å²) >= 11 is 0. The van der Waals surface area contributed by atoms with Crippen LogP contribution in [-0.2, 0) is 18.9 Å². The van der Waals surface area contributed by atoms with Crippen LogP contribution in [0.4, 0.5) is 0 Å². The number of epoxide rings is 4. The Hall–Kier alpha value is -2.52. The third kappa shape index (κ3) is 5.45. The Kier molecular flexibility index (Phi) is 5.52. The first-order valence-electron chi connectivity index (χ1n) is 11.1. The summed E-state index contributed by atoms with van der Waals surface area (Å²) in [6.45, 7) is 5.04. The topological polar surface area (TPSA) is 87.0 Å². The molecule has 0 saturated carbocycles. The van der Waals surface area contributed by atoms with Crippen molar-refractivity contribution in [2.24, 2.45) is 0 Å². The summed E-state index contributed by atoms with van der Waals surface area (Å²) in [6.07, 6.45) is 0.670. The summed E-state index contributed by atoms with van der Waals surface area (Å²) in [6, 6.07) is 11.7. The Morgan fingerprint density at radius 3 is 1.22 bits per heavy atom. The lowest BCUT2D eigenvalue weighted by Gasteiger charge is -2.17. The van der Waals surface area contributed by atoms with E-state index in [1.54, 1.807) is 0 Å². The minimum absolute atomic E-state index is 0.154. The van der Waals surface area contributed by atoms with Crippen molar-refractivity contribution in [2.45, 2.75) is 24.4 Å². The summed E-state index contributed by atoms with van der Waals surface area (Å²) in [4.78, 5) is 0. The van der Waals surface area contributed by atoms with Gasteiger partial charge in [-0.15, -0.1) is 0 Å². The molecule has 8 heteroatoms. The second kappa shape index (κ2) is 8.78. The van der Waals surface area contributed by atoms with Gasteiger partial charge in [-0.25, -0.2) is 0 Å². The lowest BCUT2D eigenvalue weighted by molar-refractivity contribution is 0.255. The highest BCUT2D eigenvalue weighted by molar-refractivity contribution is 5.78. The fourth-order valence-corrected chi connectivity index (χ4v) is 3.27. The number of hydrogen-bond acceptors (Lipinski definition) is 8. The minimum Gasteiger partial charge on any atom is -0.491 e. The van der Waals surface area contributed by atoms with Gasteiger partial charge in [0, 0.05) is 11.1 Å². The molecule has 0 amide bonds. The van der Waals surface area contributed by atoms with Crippen molar-refractivity contribution in [3.8, 4) is 34.1 Å². The van der Waals surface area contributed by atoms with E-state index < -0.39 is 0 Å². The second-order valence-corrected chi connectivity index (χ2v) is 8.38. The Bertz CT molecular complexity index is 870. The number of ether oxygens (including phenoxy) is 8. The average Bonchev–Trinajstić information content (AvgIpc) is 3.65. The summed E-state index contributed by atoms with van der Waals surface area (Å²) in [5.41, 5.74) is 1.75. The van der Waals surface area contributed by atoms with Gasteiger partial charge in [0.2, 0.25) is 0 Å². The average molecular weight is 442 g/mol. The normalized spacial score (nSPS) is 26.9. The van der Waals surface area contributed by atoms with Crippen molar-refractivity contribution < 1.29 is 37.9 Å². The molecule has 4 heterocycles. The third-order valence-electron chi connectivity index (χ3n) is 5.52. The number of rotatable bonds is 13. The molecule has 0 bridgehead atoms.